The molecule has 0 aliphatic carbocycles. The molecule has 0 N–H and O–H groups in total. The molecule has 0 fully saturated rings. The van der Waals surface area contributed by atoms with Crippen LogP contribution < -0.4 is 11.3 Å². The zero-order valence-corrected chi connectivity index (χ0v) is 11.7. The predicted octanol–water partition coefficient (Wildman–Crippen LogP) is 1.76. The SMILES string of the molecule is O=c1oc2ccc([N+](=O)[O-])cc2c(=O)n1-c1cccc([N+](=O)[O-])c1. The summed E-state index contributed by atoms with van der Waals surface area (Å²) in [7, 11) is 0. The van der Waals surface area contributed by atoms with E-state index in [4.69, 9.17) is 4.42 Å². The molecule has 0 aliphatic heterocycles. The number of hydrogen-bond acceptors (Lipinski definition) is 7. The molecular formula is C14H7N3O7. The number of non-ortho nitro benzene ring substituents is 2. The van der Waals surface area contributed by atoms with E-state index in [1.807, 2.05) is 0 Å². The minimum Gasteiger partial charge on any atom is -0.409 e. The standard InChI is InChI=1S/C14H7N3O7/c18-13-11-7-10(17(22)23)4-5-12(11)24-14(19)15(13)8-2-1-3-9(6-8)16(20)21/h1-7H. The molecule has 0 amide bonds. The maximum atomic E-state index is 12.5. The molecule has 0 spiro atoms. The van der Waals surface area contributed by atoms with Gasteiger partial charge in [0.2, 0.25) is 0 Å². The lowest BCUT2D eigenvalue weighted by Crippen LogP contribution is -2.31. The number of benzene rings is 2. The molecule has 10 heteroatoms. The number of rotatable bonds is 3. The zero-order valence-electron chi connectivity index (χ0n) is 11.7. The van der Waals surface area contributed by atoms with Crippen molar-refractivity contribution in [1.29, 1.82) is 0 Å². The first kappa shape index (κ1) is 15.1. The highest BCUT2D eigenvalue weighted by atomic mass is 16.6. The van der Waals surface area contributed by atoms with E-state index in [0.29, 0.717) is 4.57 Å². The van der Waals surface area contributed by atoms with Crippen molar-refractivity contribution in [2.24, 2.45) is 0 Å². The summed E-state index contributed by atoms with van der Waals surface area (Å²) in [4.78, 5) is 44.8. The second kappa shape index (κ2) is 5.43. The van der Waals surface area contributed by atoms with Crippen LogP contribution in [-0.4, -0.2) is 14.4 Å². The summed E-state index contributed by atoms with van der Waals surface area (Å²) < 4.78 is 5.56. The fourth-order valence-corrected chi connectivity index (χ4v) is 2.20. The van der Waals surface area contributed by atoms with E-state index in [9.17, 15) is 29.8 Å². The summed E-state index contributed by atoms with van der Waals surface area (Å²) in [5, 5.41) is 21.5. The van der Waals surface area contributed by atoms with E-state index in [2.05, 4.69) is 0 Å². The summed E-state index contributed by atoms with van der Waals surface area (Å²) in [5.41, 5.74) is -1.73. The van der Waals surface area contributed by atoms with Crippen LogP contribution in [0.4, 0.5) is 11.4 Å². The molecule has 10 nitrogen and oxygen atoms in total. The minimum atomic E-state index is -1.05. The highest BCUT2D eigenvalue weighted by Gasteiger charge is 2.16. The summed E-state index contributed by atoms with van der Waals surface area (Å²) in [6.07, 6.45) is 0. The Bertz CT molecular complexity index is 1110. The van der Waals surface area contributed by atoms with Crippen LogP contribution >= 0.6 is 0 Å². The topological polar surface area (TPSA) is 138 Å². The van der Waals surface area contributed by atoms with Crippen molar-refractivity contribution in [2.75, 3.05) is 0 Å². The number of nitro groups is 2. The summed E-state index contributed by atoms with van der Waals surface area (Å²) >= 11 is 0. The Hall–Kier alpha value is -3.82. The van der Waals surface area contributed by atoms with E-state index in [1.54, 1.807) is 0 Å². The Morgan fingerprint density at radius 3 is 2.25 bits per heavy atom. The number of nitro benzene ring substituents is 2. The molecule has 1 aromatic heterocycles. The highest BCUT2D eigenvalue weighted by molar-refractivity contribution is 5.78. The minimum absolute atomic E-state index is 0.0728. The van der Waals surface area contributed by atoms with Gasteiger partial charge in [-0.15, -0.1) is 0 Å². The summed E-state index contributed by atoms with van der Waals surface area (Å²) in [5.74, 6) is -1.05. The van der Waals surface area contributed by atoms with Gasteiger partial charge >= 0.3 is 5.76 Å². The first-order chi connectivity index (χ1) is 11.4. The van der Waals surface area contributed by atoms with Crippen molar-refractivity contribution in [3.8, 4) is 5.69 Å². The van der Waals surface area contributed by atoms with Gasteiger partial charge in [0, 0.05) is 24.3 Å². The van der Waals surface area contributed by atoms with Crippen LogP contribution in [0.2, 0.25) is 0 Å². The van der Waals surface area contributed by atoms with Gasteiger partial charge in [0.15, 0.2) is 0 Å². The van der Waals surface area contributed by atoms with Crippen molar-refractivity contribution < 1.29 is 14.3 Å². The van der Waals surface area contributed by atoms with Gasteiger partial charge in [-0.25, -0.2) is 9.36 Å². The fraction of sp³-hybridized carbons (Fsp3) is 0. The molecule has 0 unspecified atom stereocenters. The largest absolute Gasteiger partial charge is 0.426 e. The lowest BCUT2D eigenvalue weighted by molar-refractivity contribution is -0.385. The van der Waals surface area contributed by atoms with E-state index >= 15 is 0 Å². The Morgan fingerprint density at radius 1 is 0.917 bits per heavy atom. The van der Waals surface area contributed by atoms with Crippen molar-refractivity contribution in [3.63, 3.8) is 0 Å². The van der Waals surface area contributed by atoms with E-state index < -0.39 is 21.2 Å². The van der Waals surface area contributed by atoms with Crippen LogP contribution in [0.25, 0.3) is 16.7 Å². The zero-order chi connectivity index (χ0) is 17.4. The third kappa shape index (κ3) is 2.41. The Morgan fingerprint density at radius 2 is 1.58 bits per heavy atom. The van der Waals surface area contributed by atoms with Crippen LogP contribution in [0.1, 0.15) is 0 Å². The first-order valence-electron chi connectivity index (χ1n) is 6.47. The van der Waals surface area contributed by atoms with Crippen LogP contribution in [-0.2, 0) is 0 Å². The monoisotopic (exact) mass is 329 g/mol. The molecular weight excluding hydrogens is 322 g/mol. The van der Waals surface area contributed by atoms with E-state index in [-0.39, 0.29) is 28.0 Å². The molecule has 3 rings (SSSR count). The van der Waals surface area contributed by atoms with Crippen molar-refractivity contribution in [1.82, 2.24) is 4.57 Å². The highest BCUT2D eigenvalue weighted by Crippen LogP contribution is 2.19. The van der Waals surface area contributed by atoms with Crippen LogP contribution in [0.15, 0.2) is 56.5 Å². The van der Waals surface area contributed by atoms with Gasteiger partial charge < -0.3 is 4.42 Å². The van der Waals surface area contributed by atoms with Gasteiger partial charge in [0.1, 0.15) is 5.58 Å². The Labute approximate surface area is 131 Å². The number of fused-ring (bicyclic) bond motifs is 1. The molecule has 0 aliphatic rings. The van der Waals surface area contributed by atoms with Crippen LogP contribution in [0, 0.1) is 20.2 Å². The molecule has 0 radical (unpaired) electrons. The molecule has 2 aromatic carbocycles. The van der Waals surface area contributed by atoms with Gasteiger partial charge in [0.25, 0.3) is 16.9 Å². The van der Waals surface area contributed by atoms with Crippen LogP contribution in [0.3, 0.4) is 0 Å². The molecule has 120 valence electrons. The number of hydrogen-bond donors (Lipinski definition) is 0. The maximum absolute atomic E-state index is 12.5. The smallest absolute Gasteiger partial charge is 0.409 e. The number of aromatic nitrogens is 1. The molecule has 0 saturated carbocycles. The lowest BCUT2D eigenvalue weighted by Gasteiger charge is -2.05. The Kier molecular flexibility index (Phi) is 3.41. The first-order valence-corrected chi connectivity index (χ1v) is 6.47. The van der Waals surface area contributed by atoms with Crippen LogP contribution in [0.5, 0.6) is 0 Å². The molecule has 0 saturated heterocycles. The van der Waals surface area contributed by atoms with Crippen molar-refractivity contribution >= 4 is 22.3 Å². The molecule has 3 aromatic rings. The molecule has 1 heterocycles. The quantitative estimate of drug-likeness (QED) is 0.527. The molecule has 24 heavy (non-hydrogen) atoms. The average Bonchev–Trinajstić information content (AvgIpc) is 2.54. The van der Waals surface area contributed by atoms with E-state index in [0.717, 1.165) is 24.3 Å². The van der Waals surface area contributed by atoms with Crippen molar-refractivity contribution in [3.05, 3.63) is 83.6 Å². The summed E-state index contributed by atoms with van der Waals surface area (Å²) in [6.45, 7) is 0. The van der Waals surface area contributed by atoms with Gasteiger partial charge in [-0.3, -0.25) is 25.0 Å². The maximum Gasteiger partial charge on any atom is 0.426 e. The fourth-order valence-electron chi connectivity index (χ4n) is 2.20. The second-order valence-corrected chi connectivity index (χ2v) is 4.72. The van der Waals surface area contributed by atoms with Gasteiger partial charge in [-0.1, -0.05) is 6.07 Å². The van der Waals surface area contributed by atoms with Crippen molar-refractivity contribution in [2.45, 2.75) is 0 Å². The molecule has 0 atom stereocenters. The average molecular weight is 329 g/mol. The molecule has 0 bridgehead atoms. The number of nitrogens with zero attached hydrogens (tertiary/aromatic N) is 3. The van der Waals surface area contributed by atoms with Gasteiger partial charge in [0.05, 0.1) is 20.9 Å². The Balaban J connectivity index is 2.34. The third-order valence-electron chi connectivity index (χ3n) is 3.29. The van der Waals surface area contributed by atoms with E-state index in [1.165, 1.54) is 18.2 Å². The van der Waals surface area contributed by atoms with Gasteiger partial charge in [-0.05, 0) is 12.1 Å². The summed E-state index contributed by atoms with van der Waals surface area (Å²) in [6, 6.07) is 8.07. The normalized spacial score (nSPS) is 10.7. The second-order valence-electron chi connectivity index (χ2n) is 4.72. The predicted molar refractivity (Wildman–Crippen MR) is 81.4 cm³/mol. The van der Waals surface area contributed by atoms with Gasteiger partial charge in [-0.2, -0.15) is 0 Å². The lowest BCUT2D eigenvalue weighted by atomic mass is 10.2. The third-order valence-corrected chi connectivity index (χ3v) is 3.29.